The minimum Gasteiger partial charge on any atom is -0.497 e. The second kappa shape index (κ2) is 7.43. The molecule has 1 aromatic heterocycles. The molecule has 1 aliphatic heterocycles. The van der Waals surface area contributed by atoms with Crippen LogP contribution in [0.1, 0.15) is 23.6 Å². The summed E-state index contributed by atoms with van der Waals surface area (Å²) in [6.07, 6.45) is 0.0352. The zero-order chi connectivity index (χ0) is 20.5. The molecule has 0 saturated heterocycles. The summed E-state index contributed by atoms with van der Waals surface area (Å²) in [5.74, 6) is 0.779. The Balaban J connectivity index is 1.63. The molecule has 0 bridgehead atoms. The first-order valence-electron chi connectivity index (χ1n) is 9.36. The zero-order valence-corrected chi connectivity index (χ0v) is 16.5. The molecule has 148 valence electrons. The van der Waals surface area contributed by atoms with Crippen LogP contribution in [-0.4, -0.2) is 28.7 Å². The van der Waals surface area contributed by atoms with Gasteiger partial charge in [0.15, 0.2) is 0 Å². The van der Waals surface area contributed by atoms with E-state index < -0.39 is 6.04 Å². The number of aromatic nitrogens is 2. The monoisotopic (exact) mass is 390 g/mol. The number of carbonyl (C=O) groups is 2. The number of hydrogen-bond acceptors (Lipinski definition) is 4. The first kappa shape index (κ1) is 18.7. The quantitative estimate of drug-likeness (QED) is 0.711. The maximum atomic E-state index is 13.0. The fraction of sp³-hybridized carbons (Fsp3) is 0.227. The van der Waals surface area contributed by atoms with Crippen LogP contribution >= 0.6 is 0 Å². The van der Waals surface area contributed by atoms with Crippen molar-refractivity contribution in [2.45, 2.75) is 26.3 Å². The fourth-order valence-corrected chi connectivity index (χ4v) is 3.46. The topological polar surface area (TPSA) is 85.2 Å². The Hall–Kier alpha value is -3.61. The van der Waals surface area contributed by atoms with Gasteiger partial charge in [-0.05, 0) is 49.7 Å². The van der Waals surface area contributed by atoms with Gasteiger partial charge in [-0.2, -0.15) is 5.10 Å². The summed E-state index contributed by atoms with van der Waals surface area (Å²) in [4.78, 5) is 25.2. The maximum Gasteiger partial charge on any atom is 0.249 e. The van der Waals surface area contributed by atoms with E-state index >= 15 is 0 Å². The highest BCUT2D eigenvalue weighted by atomic mass is 16.5. The molecule has 7 heteroatoms. The van der Waals surface area contributed by atoms with E-state index in [4.69, 9.17) is 4.74 Å². The first-order valence-corrected chi connectivity index (χ1v) is 9.36. The molecule has 7 nitrogen and oxygen atoms in total. The van der Waals surface area contributed by atoms with Crippen LogP contribution in [-0.2, 0) is 9.59 Å². The highest BCUT2D eigenvalue weighted by molar-refractivity contribution is 6.01. The van der Waals surface area contributed by atoms with Gasteiger partial charge in [0.25, 0.3) is 0 Å². The maximum absolute atomic E-state index is 13.0. The van der Waals surface area contributed by atoms with E-state index in [1.165, 1.54) is 0 Å². The lowest BCUT2D eigenvalue weighted by Gasteiger charge is -2.24. The number of methoxy groups -OCH3 is 1. The Morgan fingerprint density at radius 2 is 1.93 bits per heavy atom. The number of benzene rings is 2. The minimum atomic E-state index is -0.716. The van der Waals surface area contributed by atoms with Crippen molar-refractivity contribution < 1.29 is 14.3 Å². The van der Waals surface area contributed by atoms with Crippen molar-refractivity contribution in [1.82, 2.24) is 9.78 Å². The number of nitrogens with one attached hydrogen (secondary N) is 2. The third kappa shape index (κ3) is 3.71. The lowest BCUT2D eigenvalue weighted by molar-refractivity contribution is -0.125. The van der Waals surface area contributed by atoms with Crippen molar-refractivity contribution in [3.63, 3.8) is 0 Å². The Morgan fingerprint density at radius 1 is 1.17 bits per heavy atom. The van der Waals surface area contributed by atoms with E-state index in [9.17, 15) is 9.59 Å². The smallest absolute Gasteiger partial charge is 0.249 e. The van der Waals surface area contributed by atoms with Crippen molar-refractivity contribution in [1.29, 1.82) is 0 Å². The van der Waals surface area contributed by atoms with E-state index in [1.54, 1.807) is 17.9 Å². The van der Waals surface area contributed by atoms with Gasteiger partial charge in [-0.15, -0.1) is 0 Å². The SMILES string of the molecule is COc1ccc(-c2cc3n(n2)C(C(=O)Nc2ccc(C)cc2C)CC(=O)N3)cc1. The molecule has 4 rings (SSSR count). The van der Waals surface area contributed by atoms with Crippen molar-refractivity contribution in [3.8, 4) is 17.0 Å². The van der Waals surface area contributed by atoms with E-state index in [-0.39, 0.29) is 18.2 Å². The number of nitrogens with zero attached hydrogens (tertiary/aromatic N) is 2. The lowest BCUT2D eigenvalue weighted by Crippen LogP contribution is -2.35. The highest BCUT2D eigenvalue weighted by Crippen LogP contribution is 2.31. The predicted molar refractivity (Wildman–Crippen MR) is 111 cm³/mol. The molecule has 2 heterocycles. The summed E-state index contributed by atoms with van der Waals surface area (Å²) < 4.78 is 6.77. The van der Waals surface area contributed by atoms with E-state index in [1.807, 2.05) is 56.3 Å². The molecule has 0 fully saturated rings. The van der Waals surface area contributed by atoms with Gasteiger partial charge in [0.2, 0.25) is 11.8 Å². The normalized spacial score (nSPS) is 15.4. The van der Waals surface area contributed by atoms with E-state index in [0.29, 0.717) is 11.5 Å². The summed E-state index contributed by atoms with van der Waals surface area (Å²) in [6, 6.07) is 14.3. The standard InChI is InChI=1S/C22H22N4O3/c1-13-4-9-17(14(2)10-13)23-22(28)19-12-21(27)24-20-11-18(25-26(19)20)15-5-7-16(29-3)8-6-15/h4-11,19H,12H2,1-3H3,(H,23,28)(H,24,27). The minimum absolute atomic E-state index is 0.0352. The summed E-state index contributed by atoms with van der Waals surface area (Å²) in [5, 5.41) is 10.3. The number of carbonyl (C=O) groups excluding carboxylic acids is 2. The van der Waals surface area contributed by atoms with Crippen molar-refractivity contribution in [3.05, 3.63) is 59.7 Å². The van der Waals surface area contributed by atoms with Crippen LogP contribution < -0.4 is 15.4 Å². The van der Waals surface area contributed by atoms with Crippen molar-refractivity contribution in [2.75, 3.05) is 17.7 Å². The van der Waals surface area contributed by atoms with Crippen LogP contribution in [0, 0.1) is 13.8 Å². The largest absolute Gasteiger partial charge is 0.497 e. The molecule has 0 radical (unpaired) electrons. The molecule has 2 aromatic carbocycles. The Bertz CT molecular complexity index is 1090. The third-order valence-corrected chi connectivity index (χ3v) is 5.01. The van der Waals surface area contributed by atoms with Gasteiger partial charge in [0.05, 0.1) is 19.2 Å². The van der Waals surface area contributed by atoms with Crippen LogP contribution in [0.3, 0.4) is 0 Å². The number of anilines is 2. The molecule has 2 amide bonds. The average molecular weight is 390 g/mol. The van der Waals surface area contributed by atoms with Gasteiger partial charge in [-0.25, -0.2) is 4.68 Å². The number of fused-ring (bicyclic) bond motifs is 1. The van der Waals surface area contributed by atoms with Gasteiger partial charge >= 0.3 is 0 Å². The van der Waals surface area contributed by atoms with Gasteiger partial charge in [-0.1, -0.05) is 17.7 Å². The molecule has 1 aliphatic rings. The number of rotatable bonds is 4. The summed E-state index contributed by atoms with van der Waals surface area (Å²) >= 11 is 0. The molecule has 0 aliphatic carbocycles. The highest BCUT2D eigenvalue weighted by Gasteiger charge is 2.32. The van der Waals surface area contributed by atoms with Crippen molar-refractivity contribution in [2.24, 2.45) is 0 Å². The zero-order valence-electron chi connectivity index (χ0n) is 16.5. The second-order valence-corrected chi connectivity index (χ2v) is 7.16. The van der Waals surface area contributed by atoms with E-state index in [0.717, 1.165) is 28.1 Å². The predicted octanol–water partition coefficient (Wildman–Crippen LogP) is 3.70. The molecule has 1 atom stereocenters. The van der Waals surface area contributed by atoms with Gasteiger partial charge < -0.3 is 15.4 Å². The van der Waals surface area contributed by atoms with E-state index in [2.05, 4.69) is 15.7 Å². The molecule has 29 heavy (non-hydrogen) atoms. The molecular formula is C22H22N4O3. The number of aryl methyl sites for hydroxylation is 2. The Kier molecular flexibility index (Phi) is 4.80. The number of amides is 2. The molecular weight excluding hydrogens is 368 g/mol. The van der Waals surface area contributed by atoms with Crippen LogP contribution in [0.2, 0.25) is 0 Å². The summed E-state index contributed by atoms with van der Waals surface area (Å²) in [6.45, 7) is 3.94. The third-order valence-electron chi connectivity index (χ3n) is 5.01. The van der Waals surface area contributed by atoms with Crippen LogP contribution in [0.4, 0.5) is 11.5 Å². The lowest BCUT2D eigenvalue weighted by atomic mass is 10.1. The van der Waals surface area contributed by atoms with Crippen molar-refractivity contribution >= 4 is 23.3 Å². The van der Waals surface area contributed by atoms with Gasteiger partial charge in [-0.3, -0.25) is 9.59 Å². The summed E-state index contributed by atoms with van der Waals surface area (Å²) in [7, 11) is 1.61. The molecule has 2 N–H and O–H groups in total. The number of ether oxygens (including phenoxy) is 1. The average Bonchev–Trinajstić information content (AvgIpc) is 3.13. The Morgan fingerprint density at radius 3 is 2.62 bits per heavy atom. The second-order valence-electron chi connectivity index (χ2n) is 7.16. The van der Waals surface area contributed by atoms with Gasteiger partial charge in [0, 0.05) is 17.3 Å². The van der Waals surface area contributed by atoms with Crippen LogP contribution in [0.25, 0.3) is 11.3 Å². The molecule has 0 saturated carbocycles. The van der Waals surface area contributed by atoms with Gasteiger partial charge in [0.1, 0.15) is 17.6 Å². The Labute approximate surface area is 168 Å². The van der Waals surface area contributed by atoms with Crippen LogP contribution in [0.15, 0.2) is 48.5 Å². The number of hydrogen-bond donors (Lipinski definition) is 2. The fourth-order valence-electron chi connectivity index (χ4n) is 3.46. The molecule has 0 spiro atoms. The molecule has 3 aromatic rings. The molecule has 1 unspecified atom stereocenters. The van der Waals surface area contributed by atoms with Crippen LogP contribution in [0.5, 0.6) is 5.75 Å². The summed E-state index contributed by atoms with van der Waals surface area (Å²) in [5.41, 5.74) is 4.37. The first-order chi connectivity index (χ1) is 13.9.